The summed E-state index contributed by atoms with van der Waals surface area (Å²) in [5.41, 5.74) is 2.15. The topological polar surface area (TPSA) is 91.9 Å². The number of likely N-dealkylation sites (tertiary alicyclic amines) is 1. The van der Waals surface area contributed by atoms with E-state index in [1.165, 1.54) is 4.90 Å². The average molecular weight is 434 g/mol. The van der Waals surface area contributed by atoms with Crippen molar-refractivity contribution in [1.29, 1.82) is 0 Å². The van der Waals surface area contributed by atoms with Crippen LogP contribution in [0.4, 0.5) is 0 Å². The van der Waals surface area contributed by atoms with Crippen LogP contribution in [0.25, 0.3) is 16.7 Å². The zero-order chi connectivity index (χ0) is 22.7. The van der Waals surface area contributed by atoms with E-state index in [9.17, 15) is 14.7 Å². The molecule has 32 heavy (non-hydrogen) atoms. The van der Waals surface area contributed by atoms with Gasteiger partial charge >= 0.3 is 0 Å². The minimum atomic E-state index is -0.725. The summed E-state index contributed by atoms with van der Waals surface area (Å²) in [6.07, 6.45) is 2.67. The van der Waals surface area contributed by atoms with Gasteiger partial charge in [-0.25, -0.2) is 0 Å². The van der Waals surface area contributed by atoms with Crippen LogP contribution in [0.1, 0.15) is 30.5 Å². The molecule has 1 atom stereocenters. The van der Waals surface area contributed by atoms with Crippen molar-refractivity contribution in [3.63, 3.8) is 0 Å². The molecule has 7 heteroatoms. The molecular formula is C25H26N2O5. The van der Waals surface area contributed by atoms with Crippen LogP contribution < -0.4 is 4.74 Å². The first-order valence-corrected chi connectivity index (χ1v) is 10.6. The van der Waals surface area contributed by atoms with Crippen molar-refractivity contribution in [2.75, 3.05) is 26.9 Å². The number of para-hydroxylation sites is 1. The van der Waals surface area contributed by atoms with Gasteiger partial charge in [0.25, 0.3) is 11.7 Å². The second kappa shape index (κ2) is 9.28. The van der Waals surface area contributed by atoms with Crippen molar-refractivity contribution >= 4 is 28.4 Å². The molecule has 2 aromatic carbocycles. The van der Waals surface area contributed by atoms with Gasteiger partial charge in [0, 0.05) is 41.9 Å². The summed E-state index contributed by atoms with van der Waals surface area (Å²) in [5.74, 6) is -0.889. The normalized spacial score (nSPS) is 17.9. The molecule has 2 N–H and O–H groups in total. The maximum Gasteiger partial charge on any atom is 0.295 e. The second-order valence-electron chi connectivity index (χ2n) is 7.65. The van der Waals surface area contributed by atoms with Gasteiger partial charge in [-0.1, -0.05) is 25.1 Å². The van der Waals surface area contributed by atoms with E-state index in [0.29, 0.717) is 17.9 Å². The number of aromatic amines is 1. The number of hydrogen-bond donors (Lipinski definition) is 2. The molecular weight excluding hydrogens is 408 g/mol. The van der Waals surface area contributed by atoms with Crippen LogP contribution in [0.5, 0.6) is 5.75 Å². The third kappa shape index (κ3) is 3.87. The standard InChI is InChI=1S/C25H26N2O5/c1-3-13-32-17-10-8-16(9-11-17)23(28)21-22(27(12-14-31-2)25(30)24(21)29)19-15-26-20-7-5-4-6-18(19)20/h4-11,15,22,26,28H,3,12-14H2,1-2H3/b23-21+. The highest BCUT2D eigenvalue weighted by Crippen LogP contribution is 2.41. The number of H-pyrrole nitrogens is 1. The van der Waals surface area contributed by atoms with Gasteiger partial charge in [0.15, 0.2) is 0 Å². The monoisotopic (exact) mass is 434 g/mol. The number of carbonyl (C=O) groups is 2. The van der Waals surface area contributed by atoms with E-state index in [2.05, 4.69) is 4.98 Å². The van der Waals surface area contributed by atoms with Crippen LogP contribution in [0.2, 0.25) is 0 Å². The number of rotatable bonds is 8. The number of aliphatic hydroxyl groups excluding tert-OH is 1. The lowest BCUT2D eigenvalue weighted by atomic mass is 9.95. The Labute approximate surface area is 186 Å². The number of nitrogens with one attached hydrogen (secondary N) is 1. The highest BCUT2D eigenvalue weighted by Gasteiger charge is 2.46. The number of benzene rings is 2. The van der Waals surface area contributed by atoms with Crippen LogP contribution in [0, 0.1) is 0 Å². The first kappa shape index (κ1) is 21.6. The molecule has 166 valence electrons. The van der Waals surface area contributed by atoms with Gasteiger partial charge in [-0.05, 0) is 36.8 Å². The van der Waals surface area contributed by atoms with Crippen molar-refractivity contribution in [3.05, 3.63) is 71.4 Å². The van der Waals surface area contributed by atoms with E-state index in [1.807, 2.05) is 31.2 Å². The summed E-state index contributed by atoms with van der Waals surface area (Å²) < 4.78 is 10.8. The van der Waals surface area contributed by atoms with Crippen molar-refractivity contribution in [3.8, 4) is 5.75 Å². The fraction of sp³-hybridized carbons (Fsp3) is 0.280. The van der Waals surface area contributed by atoms with Gasteiger partial charge in [-0.3, -0.25) is 9.59 Å². The zero-order valence-electron chi connectivity index (χ0n) is 18.1. The molecule has 1 aliphatic rings. The Hall–Kier alpha value is -3.58. The van der Waals surface area contributed by atoms with Crippen LogP contribution in [0.3, 0.4) is 0 Å². The molecule has 0 saturated carbocycles. The SMILES string of the molecule is CCCOc1ccc(/C(O)=C2\C(=O)C(=O)N(CCOC)C2c2c[nH]c3ccccc23)cc1. The highest BCUT2D eigenvalue weighted by atomic mass is 16.5. The minimum absolute atomic E-state index is 0.0677. The third-order valence-corrected chi connectivity index (χ3v) is 5.59. The van der Waals surface area contributed by atoms with Crippen LogP contribution in [-0.2, 0) is 14.3 Å². The largest absolute Gasteiger partial charge is 0.507 e. The maximum atomic E-state index is 13.1. The minimum Gasteiger partial charge on any atom is -0.507 e. The number of carbonyl (C=O) groups excluding carboxylic acids is 2. The Bertz CT molecular complexity index is 1160. The summed E-state index contributed by atoms with van der Waals surface area (Å²) in [6.45, 7) is 3.12. The molecule has 2 heterocycles. The maximum absolute atomic E-state index is 13.1. The Balaban J connectivity index is 1.82. The summed E-state index contributed by atoms with van der Waals surface area (Å²) in [7, 11) is 1.54. The molecule has 7 nitrogen and oxygen atoms in total. The number of methoxy groups -OCH3 is 1. The molecule has 1 aromatic heterocycles. The molecule has 1 amide bonds. The Morgan fingerprint density at radius 3 is 2.56 bits per heavy atom. The summed E-state index contributed by atoms with van der Waals surface area (Å²) >= 11 is 0. The van der Waals surface area contributed by atoms with Gasteiger partial charge in [-0.2, -0.15) is 0 Å². The summed E-state index contributed by atoms with van der Waals surface area (Å²) in [6, 6.07) is 13.8. The van der Waals surface area contributed by atoms with E-state index in [0.717, 1.165) is 22.9 Å². The Morgan fingerprint density at radius 2 is 1.84 bits per heavy atom. The second-order valence-corrected chi connectivity index (χ2v) is 7.65. The van der Waals surface area contributed by atoms with E-state index in [-0.39, 0.29) is 24.5 Å². The molecule has 1 aliphatic heterocycles. The smallest absolute Gasteiger partial charge is 0.295 e. The van der Waals surface area contributed by atoms with E-state index < -0.39 is 17.7 Å². The number of Topliss-reactive ketones (excluding diaryl/α,β-unsaturated/α-hetero) is 1. The quantitative estimate of drug-likeness (QED) is 0.317. The van der Waals surface area contributed by atoms with E-state index in [1.54, 1.807) is 37.6 Å². The van der Waals surface area contributed by atoms with Crippen LogP contribution >= 0.6 is 0 Å². The van der Waals surface area contributed by atoms with Crippen molar-refractivity contribution in [2.45, 2.75) is 19.4 Å². The van der Waals surface area contributed by atoms with Crippen molar-refractivity contribution < 1.29 is 24.2 Å². The van der Waals surface area contributed by atoms with Crippen LogP contribution in [0.15, 0.2) is 60.3 Å². The van der Waals surface area contributed by atoms with Gasteiger partial charge in [0.05, 0.1) is 24.8 Å². The van der Waals surface area contributed by atoms with E-state index in [4.69, 9.17) is 9.47 Å². The molecule has 3 aromatic rings. The van der Waals surface area contributed by atoms with Gasteiger partial charge < -0.3 is 24.5 Å². The van der Waals surface area contributed by atoms with Gasteiger partial charge in [-0.15, -0.1) is 0 Å². The number of aliphatic hydroxyl groups is 1. The first-order valence-electron chi connectivity index (χ1n) is 10.6. The number of nitrogens with zero attached hydrogens (tertiary/aromatic N) is 1. The van der Waals surface area contributed by atoms with Gasteiger partial charge in [0.2, 0.25) is 0 Å². The lowest BCUT2D eigenvalue weighted by molar-refractivity contribution is -0.140. The number of fused-ring (bicyclic) bond motifs is 1. The van der Waals surface area contributed by atoms with E-state index >= 15 is 0 Å². The third-order valence-electron chi connectivity index (χ3n) is 5.59. The van der Waals surface area contributed by atoms with Crippen molar-refractivity contribution in [2.24, 2.45) is 0 Å². The molecule has 0 spiro atoms. The number of aromatic nitrogens is 1. The predicted octanol–water partition coefficient (Wildman–Crippen LogP) is 4.02. The molecule has 0 bridgehead atoms. The molecule has 1 fully saturated rings. The molecule has 1 unspecified atom stereocenters. The fourth-order valence-corrected chi connectivity index (χ4v) is 4.03. The Morgan fingerprint density at radius 1 is 1.09 bits per heavy atom. The first-order chi connectivity index (χ1) is 15.6. The lowest BCUT2D eigenvalue weighted by Crippen LogP contribution is -2.32. The average Bonchev–Trinajstić information content (AvgIpc) is 3.35. The highest BCUT2D eigenvalue weighted by molar-refractivity contribution is 6.46. The molecule has 0 aliphatic carbocycles. The van der Waals surface area contributed by atoms with Gasteiger partial charge in [0.1, 0.15) is 11.5 Å². The predicted molar refractivity (Wildman–Crippen MR) is 121 cm³/mol. The number of hydrogen-bond acceptors (Lipinski definition) is 5. The summed E-state index contributed by atoms with van der Waals surface area (Å²) in [4.78, 5) is 30.6. The molecule has 1 saturated heterocycles. The number of ketones is 1. The fourth-order valence-electron chi connectivity index (χ4n) is 4.03. The lowest BCUT2D eigenvalue weighted by Gasteiger charge is -2.24. The zero-order valence-corrected chi connectivity index (χ0v) is 18.1. The number of amides is 1. The summed E-state index contributed by atoms with van der Waals surface area (Å²) in [5, 5.41) is 12.0. The van der Waals surface area contributed by atoms with Crippen molar-refractivity contribution in [1.82, 2.24) is 9.88 Å². The Kier molecular flexibility index (Phi) is 6.28. The van der Waals surface area contributed by atoms with Crippen LogP contribution in [-0.4, -0.2) is 53.5 Å². The molecule has 0 radical (unpaired) electrons. The number of ether oxygens (including phenoxy) is 2. The molecule has 4 rings (SSSR count).